The minimum absolute atomic E-state index is 0.129. The normalized spacial score (nSPS) is 16.6. The molecule has 0 unspecified atom stereocenters. The first-order valence-electron chi connectivity index (χ1n) is 9.25. The highest BCUT2D eigenvalue weighted by Gasteiger charge is 2.34. The molecule has 0 saturated carbocycles. The fraction of sp³-hybridized carbons (Fsp3) is 0.333. The average molecular weight is 368 g/mol. The van der Waals surface area contributed by atoms with Gasteiger partial charge in [-0.25, -0.2) is 18.7 Å². The SMILES string of the molecule is CCc1nc(N)ccc1-c1cccc2ccc(N3CCC(F)(F)CC3)nc12. The van der Waals surface area contributed by atoms with Crippen LogP contribution in [0, 0.1) is 0 Å². The molecule has 2 aromatic heterocycles. The maximum absolute atomic E-state index is 13.5. The Morgan fingerprint density at radius 2 is 1.78 bits per heavy atom. The lowest BCUT2D eigenvalue weighted by molar-refractivity contribution is -0.0221. The second kappa shape index (κ2) is 6.76. The summed E-state index contributed by atoms with van der Waals surface area (Å²) in [6.45, 7) is 2.68. The number of nitrogens with two attached hydrogens (primary N) is 1. The second-order valence-corrected chi connectivity index (χ2v) is 6.97. The standard InChI is InChI=1S/C21H22F2N4/c1-2-17-15(7-8-18(24)25-17)16-5-3-4-14-6-9-19(26-20(14)16)27-12-10-21(22,23)11-13-27/h3-9H,2,10-13H2,1H3,(H2,24,25). The van der Waals surface area contributed by atoms with Crippen molar-refractivity contribution < 1.29 is 8.78 Å². The number of nitrogen functional groups attached to an aromatic ring is 1. The minimum Gasteiger partial charge on any atom is -0.384 e. The van der Waals surface area contributed by atoms with Crippen molar-refractivity contribution in [3.63, 3.8) is 0 Å². The van der Waals surface area contributed by atoms with Crippen LogP contribution in [-0.2, 0) is 6.42 Å². The van der Waals surface area contributed by atoms with Crippen molar-refractivity contribution in [2.45, 2.75) is 32.1 Å². The Labute approximate surface area is 157 Å². The number of anilines is 2. The molecule has 1 aliphatic heterocycles. The van der Waals surface area contributed by atoms with Gasteiger partial charge in [0.25, 0.3) is 5.92 Å². The first kappa shape index (κ1) is 17.6. The van der Waals surface area contributed by atoms with Crippen LogP contribution in [0.25, 0.3) is 22.0 Å². The number of pyridine rings is 2. The number of hydrogen-bond acceptors (Lipinski definition) is 4. The molecule has 0 radical (unpaired) electrons. The van der Waals surface area contributed by atoms with Crippen molar-refractivity contribution in [2.75, 3.05) is 23.7 Å². The molecule has 4 nitrogen and oxygen atoms in total. The van der Waals surface area contributed by atoms with Crippen LogP contribution in [0.15, 0.2) is 42.5 Å². The number of benzene rings is 1. The van der Waals surface area contributed by atoms with E-state index in [1.807, 2.05) is 48.2 Å². The molecule has 0 aliphatic carbocycles. The molecular weight excluding hydrogens is 346 g/mol. The molecular formula is C21H22F2N4. The van der Waals surface area contributed by atoms with E-state index in [0.717, 1.165) is 40.0 Å². The van der Waals surface area contributed by atoms with Crippen LogP contribution < -0.4 is 10.6 Å². The summed E-state index contributed by atoms with van der Waals surface area (Å²) in [5.74, 6) is -1.32. The molecule has 0 amide bonds. The summed E-state index contributed by atoms with van der Waals surface area (Å²) in [4.78, 5) is 11.2. The van der Waals surface area contributed by atoms with Gasteiger partial charge >= 0.3 is 0 Å². The molecule has 1 aliphatic rings. The molecule has 140 valence electrons. The van der Waals surface area contributed by atoms with Gasteiger partial charge in [0, 0.05) is 42.4 Å². The molecule has 3 heterocycles. The quantitative estimate of drug-likeness (QED) is 0.729. The number of nitrogens with zero attached hydrogens (tertiary/aromatic N) is 3. The fourth-order valence-electron chi connectivity index (χ4n) is 3.63. The van der Waals surface area contributed by atoms with E-state index in [9.17, 15) is 8.78 Å². The van der Waals surface area contributed by atoms with Gasteiger partial charge in [0.1, 0.15) is 11.6 Å². The van der Waals surface area contributed by atoms with E-state index in [4.69, 9.17) is 10.7 Å². The zero-order valence-electron chi connectivity index (χ0n) is 15.3. The summed E-state index contributed by atoms with van der Waals surface area (Å²) >= 11 is 0. The third-order valence-corrected chi connectivity index (χ3v) is 5.15. The molecule has 1 fully saturated rings. The number of aryl methyl sites for hydroxylation is 1. The summed E-state index contributed by atoms with van der Waals surface area (Å²) in [5.41, 5.74) is 9.61. The molecule has 3 aromatic rings. The molecule has 1 aromatic carbocycles. The number of hydrogen-bond donors (Lipinski definition) is 1. The Balaban J connectivity index is 1.79. The van der Waals surface area contributed by atoms with E-state index >= 15 is 0 Å². The predicted octanol–water partition coefficient (Wildman–Crippen LogP) is 4.68. The fourth-order valence-corrected chi connectivity index (χ4v) is 3.63. The zero-order chi connectivity index (χ0) is 19.0. The third-order valence-electron chi connectivity index (χ3n) is 5.15. The Kier molecular flexibility index (Phi) is 4.42. The van der Waals surface area contributed by atoms with Gasteiger partial charge < -0.3 is 10.6 Å². The van der Waals surface area contributed by atoms with Crippen LogP contribution in [0.4, 0.5) is 20.4 Å². The maximum atomic E-state index is 13.5. The second-order valence-electron chi connectivity index (χ2n) is 6.97. The van der Waals surface area contributed by atoms with Crippen LogP contribution in [0.5, 0.6) is 0 Å². The molecule has 0 bridgehead atoms. The number of fused-ring (bicyclic) bond motifs is 1. The summed E-state index contributed by atoms with van der Waals surface area (Å²) in [5, 5.41) is 1.01. The lowest BCUT2D eigenvalue weighted by Crippen LogP contribution is -2.39. The largest absolute Gasteiger partial charge is 0.384 e. The molecule has 0 atom stereocenters. The number of halogens is 2. The van der Waals surface area contributed by atoms with Gasteiger partial charge in [0.15, 0.2) is 0 Å². The van der Waals surface area contributed by atoms with Crippen LogP contribution in [0.2, 0.25) is 0 Å². The smallest absolute Gasteiger partial charge is 0.251 e. The van der Waals surface area contributed by atoms with Gasteiger partial charge in [-0.1, -0.05) is 25.1 Å². The molecule has 2 N–H and O–H groups in total. The highest BCUT2D eigenvalue weighted by atomic mass is 19.3. The number of para-hydroxylation sites is 1. The van der Waals surface area contributed by atoms with Crippen molar-refractivity contribution in [1.29, 1.82) is 0 Å². The minimum atomic E-state index is -2.57. The van der Waals surface area contributed by atoms with Gasteiger partial charge in [-0.3, -0.25) is 0 Å². The monoisotopic (exact) mass is 368 g/mol. The van der Waals surface area contributed by atoms with Crippen molar-refractivity contribution in [2.24, 2.45) is 0 Å². The first-order chi connectivity index (χ1) is 13.0. The van der Waals surface area contributed by atoms with Crippen molar-refractivity contribution in [3.05, 3.63) is 48.2 Å². The van der Waals surface area contributed by atoms with Gasteiger partial charge in [-0.15, -0.1) is 0 Å². The lowest BCUT2D eigenvalue weighted by Gasteiger charge is -2.32. The van der Waals surface area contributed by atoms with E-state index in [-0.39, 0.29) is 12.8 Å². The maximum Gasteiger partial charge on any atom is 0.251 e. The van der Waals surface area contributed by atoms with E-state index in [1.54, 1.807) is 6.07 Å². The lowest BCUT2D eigenvalue weighted by atomic mass is 9.99. The molecule has 1 saturated heterocycles. The van der Waals surface area contributed by atoms with Gasteiger partial charge in [0.2, 0.25) is 0 Å². The molecule has 4 rings (SSSR count). The summed E-state index contributed by atoms with van der Waals surface area (Å²) in [6.07, 6.45) is 0.504. The van der Waals surface area contributed by atoms with Crippen LogP contribution >= 0.6 is 0 Å². The average Bonchev–Trinajstić information content (AvgIpc) is 2.67. The van der Waals surface area contributed by atoms with Crippen LogP contribution in [0.3, 0.4) is 0 Å². The van der Waals surface area contributed by atoms with Gasteiger partial charge in [-0.2, -0.15) is 0 Å². The van der Waals surface area contributed by atoms with E-state index in [1.165, 1.54) is 0 Å². The molecule has 0 spiro atoms. The Morgan fingerprint density at radius 3 is 2.52 bits per heavy atom. The van der Waals surface area contributed by atoms with Crippen molar-refractivity contribution in [3.8, 4) is 11.1 Å². The summed E-state index contributed by atoms with van der Waals surface area (Å²) < 4.78 is 27.0. The Morgan fingerprint density at radius 1 is 1.00 bits per heavy atom. The summed E-state index contributed by atoms with van der Waals surface area (Å²) in [7, 11) is 0. The number of aromatic nitrogens is 2. The van der Waals surface area contributed by atoms with E-state index < -0.39 is 5.92 Å². The Bertz CT molecular complexity index is 977. The van der Waals surface area contributed by atoms with Gasteiger partial charge in [-0.05, 0) is 30.7 Å². The van der Waals surface area contributed by atoms with E-state index in [2.05, 4.69) is 4.98 Å². The summed E-state index contributed by atoms with van der Waals surface area (Å²) in [6, 6.07) is 13.7. The third kappa shape index (κ3) is 3.44. The highest BCUT2D eigenvalue weighted by Crippen LogP contribution is 2.33. The highest BCUT2D eigenvalue weighted by molar-refractivity contribution is 5.95. The topological polar surface area (TPSA) is 55.0 Å². The first-order valence-corrected chi connectivity index (χ1v) is 9.25. The van der Waals surface area contributed by atoms with Crippen molar-refractivity contribution >= 4 is 22.5 Å². The molecule has 6 heteroatoms. The predicted molar refractivity (Wildman–Crippen MR) is 105 cm³/mol. The van der Waals surface area contributed by atoms with Crippen LogP contribution in [-0.4, -0.2) is 29.0 Å². The van der Waals surface area contributed by atoms with E-state index in [0.29, 0.717) is 18.9 Å². The number of alkyl halides is 2. The Hall–Kier alpha value is -2.76. The van der Waals surface area contributed by atoms with Crippen LogP contribution in [0.1, 0.15) is 25.5 Å². The molecule has 27 heavy (non-hydrogen) atoms. The van der Waals surface area contributed by atoms with Crippen molar-refractivity contribution in [1.82, 2.24) is 9.97 Å². The van der Waals surface area contributed by atoms with Gasteiger partial charge in [0.05, 0.1) is 11.2 Å². The number of rotatable bonds is 3. The zero-order valence-corrected chi connectivity index (χ0v) is 15.3. The number of piperidine rings is 1.